The first-order valence-electron chi connectivity index (χ1n) is 15.3. The average Bonchev–Trinajstić information content (AvgIpc) is 3.03. The maximum atomic E-state index is 13.3. The van der Waals surface area contributed by atoms with Gasteiger partial charge in [0.05, 0.1) is 15.9 Å². The summed E-state index contributed by atoms with van der Waals surface area (Å²) < 4.78 is 44.3. The fourth-order valence-corrected chi connectivity index (χ4v) is 7.47. The van der Waals surface area contributed by atoms with Crippen molar-refractivity contribution in [2.45, 2.75) is 62.3 Å². The number of rotatable bonds is 7. The van der Waals surface area contributed by atoms with Crippen molar-refractivity contribution in [1.82, 2.24) is 0 Å². The van der Waals surface area contributed by atoms with Gasteiger partial charge in [0.25, 0.3) is 0 Å². The summed E-state index contributed by atoms with van der Waals surface area (Å²) in [4.78, 5) is 13.2. The highest BCUT2D eigenvalue weighted by Gasteiger charge is 2.37. The van der Waals surface area contributed by atoms with E-state index in [1.807, 2.05) is 31.2 Å². The lowest BCUT2D eigenvalue weighted by molar-refractivity contribution is 0.0725. The summed E-state index contributed by atoms with van der Waals surface area (Å²) in [6, 6.07) is 33.3. The Morgan fingerprint density at radius 2 is 1.24 bits per heavy atom. The zero-order chi connectivity index (χ0) is 32.6. The van der Waals surface area contributed by atoms with Gasteiger partial charge in [-0.25, -0.2) is 13.2 Å². The van der Waals surface area contributed by atoms with Crippen LogP contribution < -0.4 is 9.47 Å². The number of aryl methyl sites for hydroxylation is 2. The molecule has 5 aromatic rings. The van der Waals surface area contributed by atoms with E-state index in [1.165, 1.54) is 0 Å². The van der Waals surface area contributed by atoms with E-state index >= 15 is 0 Å². The molecule has 5 aromatic carbocycles. The third-order valence-electron chi connectivity index (χ3n) is 8.42. The van der Waals surface area contributed by atoms with Crippen LogP contribution in [-0.4, -0.2) is 20.7 Å². The molecule has 1 aliphatic rings. The molecule has 0 spiro atoms. The maximum Gasteiger partial charge on any atom is 0.514 e. The number of benzene rings is 5. The van der Waals surface area contributed by atoms with E-state index in [0.717, 1.165) is 38.9 Å². The Balaban J connectivity index is 1.46. The second-order valence-corrected chi connectivity index (χ2v) is 13.9. The molecule has 0 amide bonds. The van der Waals surface area contributed by atoms with Crippen molar-refractivity contribution < 1.29 is 27.4 Å². The van der Waals surface area contributed by atoms with Crippen LogP contribution >= 0.6 is 0 Å². The summed E-state index contributed by atoms with van der Waals surface area (Å²) in [6.45, 7) is 9.67. The third-order valence-corrected chi connectivity index (χ3v) is 10.2. The number of carbonyl (C=O) groups is 1. The van der Waals surface area contributed by atoms with Gasteiger partial charge in [-0.3, -0.25) is 0 Å². The summed E-state index contributed by atoms with van der Waals surface area (Å²) >= 11 is 0. The summed E-state index contributed by atoms with van der Waals surface area (Å²) in [5.74, 6) is 1.14. The molecule has 0 N–H and O–H groups in total. The van der Waals surface area contributed by atoms with Crippen LogP contribution in [0.15, 0.2) is 119 Å². The molecule has 46 heavy (non-hydrogen) atoms. The Kier molecular flexibility index (Phi) is 8.45. The SMILES string of the molecule is Cc1ccc(S(=O)(=O)c2ccc(Oc3ccc(OC(=O)OC(C)C)c4c3C(C)c3ccccc3C4c3ccccc3C)cc2)cc1. The first kappa shape index (κ1) is 31.1. The molecule has 0 bridgehead atoms. The Morgan fingerprint density at radius 1 is 0.674 bits per heavy atom. The monoisotopic (exact) mass is 632 g/mol. The van der Waals surface area contributed by atoms with E-state index in [1.54, 1.807) is 74.5 Å². The van der Waals surface area contributed by atoms with E-state index in [2.05, 4.69) is 38.1 Å². The number of fused-ring (bicyclic) bond motifs is 2. The Hall–Kier alpha value is -4.88. The van der Waals surface area contributed by atoms with Crippen LogP contribution in [0.25, 0.3) is 0 Å². The molecule has 0 aliphatic heterocycles. The van der Waals surface area contributed by atoms with Crippen LogP contribution in [0.2, 0.25) is 0 Å². The number of carbonyl (C=O) groups excluding carboxylic acids is 1. The van der Waals surface area contributed by atoms with Gasteiger partial charge < -0.3 is 14.2 Å². The quantitative estimate of drug-likeness (QED) is 0.131. The highest BCUT2D eigenvalue weighted by atomic mass is 32.2. The smallest absolute Gasteiger partial charge is 0.457 e. The van der Waals surface area contributed by atoms with Crippen molar-refractivity contribution >= 4 is 16.0 Å². The van der Waals surface area contributed by atoms with Gasteiger partial charge in [-0.15, -0.1) is 0 Å². The van der Waals surface area contributed by atoms with E-state index in [-0.39, 0.29) is 27.7 Å². The number of ether oxygens (including phenoxy) is 3. The molecule has 1 aliphatic carbocycles. The van der Waals surface area contributed by atoms with Crippen molar-refractivity contribution in [3.8, 4) is 17.2 Å². The molecule has 0 aromatic heterocycles. The molecule has 6 rings (SSSR count). The lowest BCUT2D eigenvalue weighted by atomic mass is 9.69. The molecule has 0 fully saturated rings. The van der Waals surface area contributed by atoms with Crippen LogP contribution in [0.4, 0.5) is 4.79 Å². The van der Waals surface area contributed by atoms with Crippen molar-refractivity contribution in [1.29, 1.82) is 0 Å². The predicted molar refractivity (Wildman–Crippen MR) is 178 cm³/mol. The van der Waals surface area contributed by atoms with E-state index in [0.29, 0.717) is 17.2 Å². The zero-order valence-electron chi connectivity index (χ0n) is 26.5. The van der Waals surface area contributed by atoms with Gasteiger partial charge in [-0.05, 0) is 98.5 Å². The second kappa shape index (κ2) is 12.5. The van der Waals surface area contributed by atoms with Gasteiger partial charge in [0.2, 0.25) is 9.84 Å². The summed E-state index contributed by atoms with van der Waals surface area (Å²) in [6.07, 6.45) is -1.11. The zero-order valence-corrected chi connectivity index (χ0v) is 27.3. The van der Waals surface area contributed by atoms with Crippen LogP contribution in [0.1, 0.15) is 71.6 Å². The van der Waals surface area contributed by atoms with Gasteiger partial charge >= 0.3 is 6.16 Å². The number of hydrogen-bond donors (Lipinski definition) is 0. The summed E-state index contributed by atoms with van der Waals surface area (Å²) in [5, 5.41) is 0. The molecular formula is C39H36O6S. The van der Waals surface area contributed by atoms with Gasteiger partial charge in [0, 0.05) is 23.0 Å². The predicted octanol–water partition coefficient (Wildman–Crippen LogP) is 9.50. The van der Waals surface area contributed by atoms with E-state index in [4.69, 9.17) is 14.2 Å². The molecule has 0 saturated heterocycles. The summed E-state index contributed by atoms with van der Waals surface area (Å²) in [7, 11) is -3.69. The Labute approximate surface area is 270 Å². The Bertz CT molecular complexity index is 2010. The van der Waals surface area contributed by atoms with Crippen LogP contribution in [0, 0.1) is 13.8 Å². The van der Waals surface area contributed by atoms with E-state index in [9.17, 15) is 13.2 Å². The normalized spacial score (nSPS) is 15.5. The second-order valence-electron chi connectivity index (χ2n) is 11.9. The lowest BCUT2D eigenvalue weighted by Gasteiger charge is -2.35. The fraction of sp³-hybridized carbons (Fsp3) is 0.205. The molecule has 0 heterocycles. The standard InChI is InChI=1S/C39H36O6S/c1-24(2)43-39(40)45-35-23-22-34(44-28-16-20-30(21-17-28)46(41,42)29-18-14-25(3)15-19-29)36-27(5)32-12-8-9-13-33(32)37(38(35)36)31-11-7-6-10-26(31)4/h6-24,27,37H,1-5H3. The number of hydrogen-bond acceptors (Lipinski definition) is 6. The highest BCUT2D eigenvalue weighted by molar-refractivity contribution is 7.91. The van der Waals surface area contributed by atoms with Crippen LogP contribution in [0.3, 0.4) is 0 Å². The van der Waals surface area contributed by atoms with Gasteiger partial charge in [0.15, 0.2) is 0 Å². The van der Waals surface area contributed by atoms with Crippen LogP contribution in [-0.2, 0) is 14.6 Å². The van der Waals surface area contributed by atoms with E-state index < -0.39 is 16.0 Å². The van der Waals surface area contributed by atoms with Crippen molar-refractivity contribution in [2.75, 3.05) is 0 Å². The maximum absolute atomic E-state index is 13.3. The molecule has 6 nitrogen and oxygen atoms in total. The minimum atomic E-state index is -3.69. The van der Waals surface area contributed by atoms with Crippen molar-refractivity contribution in [2.24, 2.45) is 0 Å². The lowest BCUT2D eigenvalue weighted by Crippen LogP contribution is -2.22. The topological polar surface area (TPSA) is 78.9 Å². The Morgan fingerprint density at radius 3 is 1.87 bits per heavy atom. The van der Waals surface area contributed by atoms with Gasteiger partial charge in [-0.1, -0.05) is 73.2 Å². The fourth-order valence-electron chi connectivity index (χ4n) is 6.21. The molecule has 0 radical (unpaired) electrons. The average molecular weight is 633 g/mol. The molecule has 7 heteroatoms. The first-order chi connectivity index (χ1) is 22.0. The third kappa shape index (κ3) is 5.90. The highest BCUT2D eigenvalue weighted by Crippen LogP contribution is 2.53. The minimum absolute atomic E-state index is 0.104. The van der Waals surface area contributed by atoms with Crippen molar-refractivity contribution in [3.63, 3.8) is 0 Å². The first-order valence-corrected chi connectivity index (χ1v) is 16.8. The number of sulfone groups is 1. The summed E-state index contributed by atoms with van der Waals surface area (Å²) in [5.41, 5.74) is 7.18. The molecule has 0 saturated carbocycles. The largest absolute Gasteiger partial charge is 0.514 e. The molecule has 2 atom stereocenters. The van der Waals surface area contributed by atoms with Crippen molar-refractivity contribution in [3.05, 3.63) is 148 Å². The molecular weight excluding hydrogens is 596 g/mol. The van der Waals surface area contributed by atoms with Gasteiger partial charge in [0.1, 0.15) is 17.2 Å². The molecule has 2 unspecified atom stereocenters. The van der Waals surface area contributed by atoms with Crippen LogP contribution in [0.5, 0.6) is 17.2 Å². The molecule has 234 valence electrons. The minimum Gasteiger partial charge on any atom is -0.457 e. The van der Waals surface area contributed by atoms with Gasteiger partial charge in [-0.2, -0.15) is 0 Å².